The SMILES string of the molecule is CN(C(=O)Cn1c(C2CC(=O)N(c3cccc(F)c3)C2)nc2ccccc21)C1CCCCC1. The molecule has 172 valence electrons. The third-order valence-corrected chi connectivity index (χ3v) is 7.10. The molecule has 5 rings (SSSR count). The van der Waals surface area contributed by atoms with Crippen molar-refractivity contribution in [2.24, 2.45) is 0 Å². The Bertz CT molecular complexity index is 1180. The van der Waals surface area contributed by atoms with Crippen LogP contribution in [0.25, 0.3) is 11.0 Å². The molecule has 1 aliphatic heterocycles. The number of nitrogens with zero attached hydrogens (tertiary/aromatic N) is 4. The molecule has 6 nitrogen and oxygen atoms in total. The zero-order chi connectivity index (χ0) is 22.9. The Morgan fingerprint density at radius 2 is 1.91 bits per heavy atom. The number of rotatable bonds is 5. The highest BCUT2D eigenvalue weighted by atomic mass is 19.1. The van der Waals surface area contributed by atoms with Crippen molar-refractivity contribution in [1.82, 2.24) is 14.5 Å². The summed E-state index contributed by atoms with van der Waals surface area (Å²) in [5.41, 5.74) is 2.27. The van der Waals surface area contributed by atoms with Gasteiger partial charge in [0.25, 0.3) is 0 Å². The highest BCUT2D eigenvalue weighted by Crippen LogP contribution is 2.33. The molecule has 2 amide bonds. The number of likely N-dealkylation sites (N-methyl/N-ethyl adjacent to an activating group) is 1. The molecule has 0 bridgehead atoms. The second-order valence-electron chi connectivity index (χ2n) is 9.23. The van der Waals surface area contributed by atoms with E-state index in [0.29, 0.717) is 18.3 Å². The van der Waals surface area contributed by atoms with Gasteiger partial charge in [-0.25, -0.2) is 9.37 Å². The third kappa shape index (κ3) is 4.24. The van der Waals surface area contributed by atoms with Crippen molar-refractivity contribution in [2.75, 3.05) is 18.5 Å². The Hall–Kier alpha value is -3.22. The summed E-state index contributed by atoms with van der Waals surface area (Å²) in [7, 11) is 1.90. The van der Waals surface area contributed by atoms with Gasteiger partial charge in [0, 0.05) is 37.7 Å². The first kappa shape index (κ1) is 21.6. The molecule has 0 N–H and O–H groups in total. The Kier molecular flexibility index (Phi) is 5.87. The van der Waals surface area contributed by atoms with Crippen molar-refractivity contribution in [1.29, 1.82) is 0 Å². The number of benzene rings is 2. The fourth-order valence-corrected chi connectivity index (χ4v) is 5.26. The number of hydrogen-bond donors (Lipinski definition) is 0. The molecule has 2 fully saturated rings. The van der Waals surface area contributed by atoms with Crippen LogP contribution in [-0.2, 0) is 16.1 Å². The number of amides is 2. The molecule has 1 atom stereocenters. The van der Waals surface area contributed by atoms with Crippen molar-refractivity contribution in [2.45, 2.75) is 57.0 Å². The molecule has 3 aromatic rings. The summed E-state index contributed by atoms with van der Waals surface area (Å²) < 4.78 is 15.7. The summed E-state index contributed by atoms with van der Waals surface area (Å²) in [5, 5.41) is 0. The van der Waals surface area contributed by atoms with Gasteiger partial charge in [-0.05, 0) is 43.2 Å². The lowest BCUT2D eigenvalue weighted by Gasteiger charge is -2.31. The van der Waals surface area contributed by atoms with Crippen LogP contribution in [0.4, 0.5) is 10.1 Å². The normalized spacial score (nSPS) is 19.4. The molecule has 1 aromatic heterocycles. The van der Waals surface area contributed by atoms with Crippen LogP contribution in [0.1, 0.15) is 50.3 Å². The van der Waals surface area contributed by atoms with Crippen molar-refractivity contribution >= 4 is 28.5 Å². The number of aromatic nitrogens is 2. The Morgan fingerprint density at radius 3 is 2.70 bits per heavy atom. The van der Waals surface area contributed by atoms with Gasteiger partial charge in [0.15, 0.2) is 0 Å². The molecule has 0 spiro atoms. The highest BCUT2D eigenvalue weighted by Gasteiger charge is 2.35. The molecule has 1 saturated heterocycles. The summed E-state index contributed by atoms with van der Waals surface area (Å²) in [6.07, 6.45) is 5.97. The average molecular weight is 449 g/mol. The molecule has 1 unspecified atom stereocenters. The molecule has 2 aromatic carbocycles. The number of anilines is 1. The first-order chi connectivity index (χ1) is 16.0. The molecule has 33 heavy (non-hydrogen) atoms. The van der Waals surface area contributed by atoms with Gasteiger partial charge >= 0.3 is 0 Å². The van der Waals surface area contributed by atoms with Crippen LogP contribution >= 0.6 is 0 Å². The Balaban J connectivity index is 1.43. The van der Waals surface area contributed by atoms with Crippen LogP contribution in [0.15, 0.2) is 48.5 Å². The van der Waals surface area contributed by atoms with Crippen LogP contribution in [0, 0.1) is 5.82 Å². The molecule has 7 heteroatoms. The molecule has 1 saturated carbocycles. The van der Waals surface area contributed by atoms with Gasteiger partial charge in [0.1, 0.15) is 18.2 Å². The van der Waals surface area contributed by atoms with E-state index in [1.54, 1.807) is 17.0 Å². The second kappa shape index (κ2) is 8.96. The van der Waals surface area contributed by atoms with Crippen LogP contribution in [0.5, 0.6) is 0 Å². The molecular weight excluding hydrogens is 419 g/mol. The van der Waals surface area contributed by atoms with Crippen LogP contribution < -0.4 is 4.90 Å². The van der Waals surface area contributed by atoms with E-state index in [4.69, 9.17) is 4.98 Å². The van der Waals surface area contributed by atoms with E-state index in [1.807, 2.05) is 40.8 Å². The summed E-state index contributed by atoms with van der Waals surface area (Å²) in [6.45, 7) is 0.617. The summed E-state index contributed by atoms with van der Waals surface area (Å²) in [5.74, 6) is 0.217. The lowest BCUT2D eigenvalue weighted by atomic mass is 9.94. The van der Waals surface area contributed by atoms with Crippen LogP contribution in [-0.4, -0.2) is 45.9 Å². The summed E-state index contributed by atoms with van der Waals surface area (Å²) in [4.78, 5) is 34.4. The lowest BCUT2D eigenvalue weighted by molar-refractivity contribution is -0.133. The zero-order valence-corrected chi connectivity index (χ0v) is 18.9. The first-order valence-corrected chi connectivity index (χ1v) is 11.8. The largest absolute Gasteiger partial charge is 0.341 e. The van der Waals surface area contributed by atoms with Crippen LogP contribution in [0.2, 0.25) is 0 Å². The monoisotopic (exact) mass is 448 g/mol. The van der Waals surface area contributed by atoms with E-state index in [0.717, 1.165) is 29.7 Å². The Morgan fingerprint density at radius 1 is 1.12 bits per heavy atom. The van der Waals surface area contributed by atoms with E-state index >= 15 is 0 Å². The predicted octanol–water partition coefficient (Wildman–Crippen LogP) is 4.49. The maximum atomic E-state index is 13.7. The van der Waals surface area contributed by atoms with Crippen molar-refractivity contribution in [3.63, 3.8) is 0 Å². The van der Waals surface area contributed by atoms with E-state index in [-0.39, 0.29) is 36.5 Å². The standard InChI is InChI=1S/C26H29FN4O2/c1-29(20-9-3-2-4-10-20)25(33)17-31-23-13-6-5-12-22(23)28-26(31)18-14-24(32)30(16-18)21-11-7-8-19(27)15-21/h5-8,11-13,15,18,20H,2-4,9-10,14,16-17H2,1H3. The van der Waals surface area contributed by atoms with Gasteiger partial charge in [-0.3, -0.25) is 9.59 Å². The minimum Gasteiger partial charge on any atom is -0.341 e. The quantitative estimate of drug-likeness (QED) is 0.578. The van der Waals surface area contributed by atoms with Crippen molar-refractivity contribution < 1.29 is 14.0 Å². The van der Waals surface area contributed by atoms with Gasteiger partial charge < -0.3 is 14.4 Å². The molecule has 0 radical (unpaired) electrons. The fraction of sp³-hybridized carbons (Fsp3) is 0.423. The average Bonchev–Trinajstić information content (AvgIpc) is 3.39. The molecule has 2 aliphatic rings. The van der Waals surface area contributed by atoms with Crippen molar-refractivity contribution in [3.05, 3.63) is 60.2 Å². The number of para-hydroxylation sites is 2. The van der Waals surface area contributed by atoms with E-state index in [9.17, 15) is 14.0 Å². The third-order valence-electron chi connectivity index (χ3n) is 7.10. The number of imidazole rings is 1. The van der Waals surface area contributed by atoms with Gasteiger partial charge in [0.05, 0.1) is 11.0 Å². The van der Waals surface area contributed by atoms with E-state index in [1.165, 1.54) is 31.4 Å². The topological polar surface area (TPSA) is 58.4 Å². The van der Waals surface area contributed by atoms with Gasteiger partial charge in [-0.2, -0.15) is 0 Å². The molecular formula is C26H29FN4O2. The number of halogens is 1. The highest BCUT2D eigenvalue weighted by molar-refractivity contribution is 5.96. The number of fused-ring (bicyclic) bond motifs is 1. The zero-order valence-electron chi connectivity index (χ0n) is 18.9. The van der Waals surface area contributed by atoms with Gasteiger partial charge in [0.2, 0.25) is 11.8 Å². The summed E-state index contributed by atoms with van der Waals surface area (Å²) >= 11 is 0. The number of carbonyl (C=O) groups excluding carboxylic acids is 2. The smallest absolute Gasteiger partial charge is 0.242 e. The predicted molar refractivity (Wildman–Crippen MR) is 125 cm³/mol. The van der Waals surface area contributed by atoms with Gasteiger partial charge in [-0.15, -0.1) is 0 Å². The second-order valence-corrected chi connectivity index (χ2v) is 9.23. The number of hydrogen-bond acceptors (Lipinski definition) is 3. The van der Waals surface area contributed by atoms with Crippen molar-refractivity contribution in [3.8, 4) is 0 Å². The lowest BCUT2D eigenvalue weighted by Crippen LogP contribution is -2.40. The van der Waals surface area contributed by atoms with E-state index in [2.05, 4.69) is 0 Å². The maximum Gasteiger partial charge on any atom is 0.242 e. The molecule has 1 aliphatic carbocycles. The fourth-order valence-electron chi connectivity index (χ4n) is 5.26. The minimum absolute atomic E-state index is 0.0603. The Labute approximate surface area is 193 Å². The molecule has 2 heterocycles. The first-order valence-electron chi connectivity index (χ1n) is 11.8. The number of carbonyl (C=O) groups is 2. The van der Waals surface area contributed by atoms with Crippen LogP contribution in [0.3, 0.4) is 0 Å². The van der Waals surface area contributed by atoms with Gasteiger partial charge in [-0.1, -0.05) is 37.5 Å². The maximum absolute atomic E-state index is 13.7. The summed E-state index contributed by atoms with van der Waals surface area (Å²) in [6, 6.07) is 14.2. The van der Waals surface area contributed by atoms with E-state index < -0.39 is 0 Å². The minimum atomic E-state index is -0.368.